The van der Waals surface area contributed by atoms with Crippen molar-refractivity contribution in [2.75, 3.05) is 7.11 Å². The smallest absolute Gasteiger partial charge is 0.433 e. The molecule has 82 valence electrons. The summed E-state index contributed by atoms with van der Waals surface area (Å²) in [6, 6.07) is 1.82. The summed E-state index contributed by atoms with van der Waals surface area (Å²) in [6.07, 6.45) is -0.0822. The molecular weight excluding hydrogens is 204 g/mol. The number of carbonyl (C=O) groups excluding carboxylic acids is 1. The van der Waals surface area contributed by atoms with Crippen LogP contribution in [0.3, 0.4) is 0 Å². The molecule has 1 aromatic heterocycles. The van der Waals surface area contributed by atoms with Gasteiger partial charge in [-0.1, -0.05) is 0 Å². The Kier molecular flexibility index (Phi) is 3.40. The summed E-state index contributed by atoms with van der Waals surface area (Å²) in [5.74, 6) is -0.709. The summed E-state index contributed by atoms with van der Waals surface area (Å²) in [5.41, 5.74) is 5.57. The van der Waals surface area contributed by atoms with Gasteiger partial charge in [0.15, 0.2) is 0 Å². The van der Waals surface area contributed by atoms with E-state index >= 15 is 0 Å². The highest BCUT2D eigenvalue weighted by Crippen LogP contribution is 2.22. The molecule has 0 unspecified atom stereocenters. The van der Waals surface area contributed by atoms with Gasteiger partial charge in [0.05, 0.1) is 25.6 Å². The molecule has 0 fully saturated rings. The van der Waals surface area contributed by atoms with Gasteiger partial charge in [0.25, 0.3) is 0 Å². The van der Waals surface area contributed by atoms with Crippen LogP contribution in [0.5, 0.6) is 0 Å². The first-order valence-corrected chi connectivity index (χ1v) is 4.11. The molecule has 2 N–H and O–H groups in total. The number of furan rings is 1. The molecule has 0 aliphatic rings. The second-order valence-corrected chi connectivity index (χ2v) is 2.82. The summed E-state index contributed by atoms with van der Waals surface area (Å²) in [7, 11) is 1.24. The van der Waals surface area contributed by atoms with E-state index in [1.54, 1.807) is 0 Å². The molecular formula is C8H10N2O5. The van der Waals surface area contributed by atoms with Crippen molar-refractivity contribution in [2.45, 2.75) is 12.5 Å². The highest BCUT2D eigenvalue weighted by atomic mass is 16.6. The molecule has 1 atom stereocenters. The zero-order valence-corrected chi connectivity index (χ0v) is 8.00. The lowest BCUT2D eigenvalue weighted by Crippen LogP contribution is -2.15. The van der Waals surface area contributed by atoms with E-state index in [0.29, 0.717) is 0 Å². The summed E-state index contributed by atoms with van der Waals surface area (Å²) in [5, 5.41) is 10.3. The Morgan fingerprint density at radius 2 is 2.40 bits per heavy atom. The molecule has 0 saturated carbocycles. The Labute approximate surface area is 85.0 Å². The Morgan fingerprint density at radius 1 is 1.73 bits per heavy atom. The first-order chi connectivity index (χ1) is 7.04. The maximum Gasteiger partial charge on any atom is 0.433 e. The molecule has 0 amide bonds. The molecule has 0 saturated heterocycles. The average Bonchev–Trinajstić information content (AvgIpc) is 2.66. The van der Waals surface area contributed by atoms with Crippen molar-refractivity contribution in [1.29, 1.82) is 0 Å². The minimum atomic E-state index is -0.730. The molecule has 0 bridgehead atoms. The number of esters is 1. The van der Waals surface area contributed by atoms with E-state index < -0.39 is 22.8 Å². The molecule has 7 nitrogen and oxygen atoms in total. The van der Waals surface area contributed by atoms with Gasteiger partial charge in [0, 0.05) is 0 Å². The first-order valence-electron chi connectivity index (χ1n) is 4.11. The van der Waals surface area contributed by atoms with Crippen LogP contribution < -0.4 is 5.73 Å². The quantitative estimate of drug-likeness (QED) is 0.450. The highest BCUT2D eigenvalue weighted by molar-refractivity contribution is 5.70. The number of nitrogens with two attached hydrogens (primary N) is 1. The lowest BCUT2D eigenvalue weighted by molar-refractivity contribution is -0.402. The number of methoxy groups -OCH3 is 1. The van der Waals surface area contributed by atoms with E-state index in [1.807, 2.05) is 0 Å². The van der Waals surface area contributed by atoms with Crippen LogP contribution >= 0.6 is 0 Å². The van der Waals surface area contributed by atoms with E-state index in [-0.39, 0.29) is 12.2 Å². The molecule has 1 heterocycles. The molecule has 0 aliphatic carbocycles. The average molecular weight is 214 g/mol. The first kappa shape index (κ1) is 11.2. The highest BCUT2D eigenvalue weighted by Gasteiger charge is 2.19. The molecule has 1 rings (SSSR count). The van der Waals surface area contributed by atoms with Crippen molar-refractivity contribution in [3.05, 3.63) is 28.0 Å². The van der Waals surface area contributed by atoms with Gasteiger partial charge >= 0.3 is 11.9 Å². The second-order valence-electron chi connectivity index (χ2n) is 2.82. The van der Waals surface area contributed by atoms with Crippen molar-refractivity contribution >= 4 is 11.9 Å². The van der Waals surface area contributed by atoms with Crippen LogP contribution in [0.2, 0.25) is 0 Å². The van der Waals surface area contributed by atoms with E-state index in [0.717, 1.165) is 0 Å². The van der Waals surface area contributed by atoms with Crippen LogP contribution in [-0.2, 0) is 9.53 Å². The largest absolute Gasteiger partial charge is 0.469 e. The SMILES string of the molecule is COC(=O)C[C@H](N)c1ccc([N+](=O)[O-])o1. The van der Waals surface area contributed by atoms with Crippen LogP contribution in [0.4, 0.5) is 5.88 Å². The van der Waals surface area contributed by atoms with Crippen LogP contribution in [0.15, 0.2) is 16.5 Å². The van der Waals surface area contributed by atoms with E-state index in [2.05, 4.69) is 4.74 Å². The van der Waals surface area contributed by atoms with Crippen molar-refractivity contribution in [3.63, 3.8) is 0 Å². The van der Waals surface area contributed by atoms with Crippen molar-refractivity contribution < 1.29 is 18.9 Å². The van der Waals surface area contributed by atoms with E-state index in [4.69, 9.17) is 10.2 Å². The van der Waals surface area contributed by atoms with E-state index in [1.165, 1.54) is 19.2 Å². The fourth-order valence-corrected chi connectivity index (χ4v) is 1.00. The standard InChI is InChI=1S/C8H10N2O5/c1-14-8(11)4-5(9)6-2-3-7(15-6)10(12)13/h2-3,5H,4,9H2,1H3/t5-/m0/s1. The molecule has 0 spiro atoms. The van der Waals surface area contributed by atoms with Crippen LogP contribution in [0, 0.1) is 10.1 Å². The molecule has 0 radical (unpaired) electrons. The number of rotatable bonds is 4. The number of hydrogen-bond acceptors (Lipinski definition) is 6. The fourth-order valence-electron chi connectivity index (χ4n) is 1.00. The normalized spacial score (nSPS) is 12.1. The van der Waals surface area contributed by atoms with E-state index in [9.17, 15) is 14.9 Å². The monoisotopic (exact) mass is 214 g/mol. The number of hydrogen-bond donors (Lipinski definition) is 1. The maximum absolute atomic E-state index is 10.9. The van der Waals surface area contributed by atoms with Gasteiger partial charge in [-0.2, -0.15) is 0 Å². The lowest BCUT2D eigenvalue weighted by atomic mass is 10.2. The Morgan fingerprint density at radius 3 is 2.87 bits per heavy atom. The predicted octanol–water partition coefficient (Wildman–Crippen LogP) is 0.751. The Bertz CT molecular complexity index is 373. The van der Waals surface area contributed by atoms with Gasteiger partial charge in [-0.05, 0) is 6.07 Å². The molecule has 1 aromatic rings. The molecule has 7 heteroatoms. The molecule has 0 aliphatic heterocycles. The molecule has 15 heavy (non-hydrogen) atoms. The third-order valence-corrected chi connectivity index (χ3v) is 1.77. The Hall–Kier alpha value is -1.89. The summed E-state index contributed by atoms with van der Waals surface area (Å²) < 4.78 is 9.22. The van der Waals surface area contributed by atoms with Gasteiger partial charge in [-0.3, -0.25) is 14.9 Å². The van der Waals surface area contributed by atoms with Gasteiger partial charge < -0.3 is 14.9 Å². The Balaban J connectivity index is 2.69. The van der Waals surface area contributed by atoms with Gasteiger partial charge in [-0.15, -0.1) is 0 Å². The van der Waals surface area contributed by atoms with Gasteiger partial charge in [-0.25, -0.2) is 0 Å². The number of nitrogens with zero attached hydrogens (tertiary/aromatic N) is 1. The predicted molar refractivity (Wildman–Crippen MR) is 48.9 cm³/mol. The third-order valence-electron chi connectivity index (χ3n) is 1.77. The molecule has 0 aromatic carbocycles. The number of carbonyl (C=O) groups is 1. The van der Waals surface area contributed by atoms with Crippen LogP contribution in [0.1, 0.15) is 18.2 Å². The lowest BCUT2D eigenvalue weighted by Gasteiger charge is -2.05. The number of ether oxygens (including phenoxy) is 1. The summed E-state index contributed by atoms with van der Waals surface area (Å²) >= 11 is 0. The zero-order chi connectivity index (χ0) is 11.4. The van der Waals surface area contributed by atoms with Crippen molar-refractivity contribution in [2.24, 2.45) is 5.73 Å². The van der Waals surface area contributed by atoms with Gasteiger partial charge in [0.1, 0.15) is 10.7 Å². The zero-order valence-electron chi connectivity index (χ0n) is 8.00. The van der Waals surface area contributed by atoms with Gasteiger partial charge in [0.2, 0.25) is 0 Å². The minimum absolute atomic E-state index is 0.0822. The summed E-state index contributed by atoms with van der Waals surface area (Å²) in [6.45, 7) is 0. The van der Waals surface area contributed by atoms with Crippen molar-refractivity contribution in [3.8, 4) is 0 Å². The summed E-state index contributed by atoms with van der Waals surface area (Å²) in [4.78, 5) is 20.5. The number of nitro groups is 1. The van der Waals surface area contributed by atoms with Crippen LogP contribution in [-0.4, -0.2) is 18.0 Å². The van der Waals surface area contributed by atoms with Crippen molar-refractivity contribution in [1.82, 2.24) is 0 Å². The maximum atomic E-state index is 10.9. The second kappa shape index (κ2) is 4.56. The minimum Gasteiger partial charge on any atom is -0.469 e. The third kappa shape index (κ3) is 2.78. The topological polar surface area (TPSA) is 109 Å². The fraction of sp³-hybridized carbons (Fsp3) is 0.375. The van der Waals surface area contributed by atoms with Crippen LogP contribution in [0.25, 0.3) is 0 Å².